The van der Waals surface area contributed by atoms with Crippen molar-refractivity contribution in [2.24, 2.45) is 0 Å². The van der Waals surface area contributed by atoms with Crippen LogP contribution < -0.4 is 11.1 Å². The van der Waals surface area contributed by atoms with Gasteiger partial charge in [0, 0.05) is 40.7 Å². The first-order valence-electron chi connectivity index (χ1n) is 11.1. The lowest BCUT2D eigenvalue weighted by Crippen LogP contribution is -2.18. The minimum Gasteiger partial charge on any atom is -0.384 e. The molecular formula is C26H25F4N5OS. The highest BCUT2D eigenvalue weighted by Crippen LogP contribution is 2.32. The van der Waals surface area contributed by atoms with Gasteiger partial charge in [-0.25, -0.2) is 9.37 Å². The zero-order valence-electron chi connectivity index (χ0n) is 20.4. The van der Waals surface area contributed by atoms with E-state index in [-0.39, 0.29) is 23.7 Å². The number of hydrogen-bond donors (Lipinski definition) is 2. The van der Waals surface area contributed by atoms with Crippen LogP contribution in [0.5, 0.6) is 0 Å². The van der Waals surface area contributed by atoms with Gasteiger partial charge in [0.1, 0.15) is 17.9 Å². The number of aromatic nitrogens is 3. The molecule has 0 spiro atoms. The highest BCUT2D eigenvalue weighted by Gasteiger charge is 2.36. The molecule has 0 unspecified atom stereocenters. The van der Waals surface area contributed by atoms with Crippen molar-refractivity contribution in [1.29, 1.82) is 0 Å². The standard InChI is InChI=1S/C17H13FN2OS.C9H12F3N3/c1-22-16-7-12(4-13-8-14(18)9-20-17(13)16)6-15-5-11(10-21)2-3-19-15;1-5-3-7(13)15-8(9(10,11)12)6(5)4-14-2/h2-5,7-10H,6H2,1H3;3,14H,4H2,1-2H3,(H2,13,15). The van der Waals surface area contributed by atoms with Crippen molar-refractivity contribution in [3.05, 3.63) is 88.3 Å². The number of rotatable bonds is 6. The molecule has 4 aromatic rings. The molecule has 3 heterocycles. The number of carbonyl (C=O) groups is 1. The number of pyridine rings is 3. The lowest BCUT2D eigenvalue weighted by molar-refractivity contribution is -0.141. The molecular weight excluding hydrogens is 506 g/mol. The first kappa shape index (κ1) is 28.0. The zero-order valence-corrected chi connectivity index (χ0v) is 21.2. The highest BCUT2D eigenvalue weighted by atomic mass is 32.2. The highest BCUT2D eigenvalue weighted by molar-refractivity contribution is 7.98. The predicted molar refractivity (Wildman–Crippen MR) is 137 cm³/mol. The number of benzene rings is 1. The Balaban J connectivity index is 0.000000222. The lowest BCUT2D eigenvalue weighted by Gasteiger charge is -2.14. The van der Waals surface area contributed by atoms with E-state index < -0.39 is 11.9 Å². The van der Waals surface area contributed by atoms with E-state index in [2.05, 4.69) is 20.3 Å². The zero-order chi connectivity index (χ0) is 27.2. The summed E-state index contributed by atoms with van der Waals surface area (Å²) in [4.78, 5) is 23.6. The van der Waals surface area contributed by atoms with E-state index in [0.29, 0.717) is 17.5 Å². The van der Waals surface area contributed by atoms with Gasteiger partial charge in [-0.05, 0) is 73.3 Å². The average Bonchev–Trinajstić information content (AvgIpc) is 2.84. The molecule has 4 rings (SSSR count). The van der Waals surface area contributed by atoms with Gasteiger partial charge in [0.25, 0.3) is 0 Å². The molecule has 0 aliphatic carbocycles. The number of halogens is 4. The summed E-state index contributed by atoms with van der Waals surface area (Å²) in [6.45, 7) is 1.70. The Morgan fingerprint density at radius 1 is 1.14 bits per heavy atom. The van der Waals surface area contributed by atoms with Gasteiger partial charge < -0.3 is 11.1 Å². The van der Waals surface area contributed by atoms with E-state index in [9.17, 15) is 22.4 Å². The van der Waals surface area contributed by atoms with Gasteiger partial charge in [-0.3, -0.25) is 14.8 Å². The fourth-order valence-corrected chi connectivity index (χ4v) is 4.37. The normalized spacial score (nSPS) is 11.2. The number of alkyl halides is 3. The number of fused-ring (bicyclic) bond motifs is 1. The van der Waals surface area contributed by atoms with Crippen LogP contribution in [0.1, 0.15) is 38.4 Å². The van der Waals surface area contributed by atoms with Crippen LogP contribution in [0.15, 0.2) is 53.7 Å². The summed E-state index contributed by atoms with van der Waals surface area (Å²) < 4.78 is 51.2. The number of aryl methyl sites for hydroxylation is 1. The Morgan fingerprint density at radius 3 is 2.54 bits per heavy atom. The minimum atomic E-state index is -4.47. The van der Waals surface area contributed by atoms with Crippen LogP contribution in [0, 0.1) is 12.7 Å². The molecule has 0 aliphatic heterocycles. The van der Waals surface area contributed by atoms with Crippen LogP contribution in [-0.4, -0.2) is 34.5 Å². The van der Waals surface area contributed by atoms with Crippen LogP contribution in [0.3, 0.4) is 0 Å². The number of carbonyl (C=O) groups excluding carboxylic acids is 1. The summed E-state index contributed by atoms with van der Waals surface area (Å²) in [5.74, 6) is -0.461. The summed E-state index contributed by atoms with van der Waals surface area (Å²) in [5, 5.41) is 3.45. The topological polar surface area (TPSA) is 93.8 Å². The molecule has 0 saturated carbocycles. The molecule has 0 bridgehead atoms. The third-order valence-corrected chi connectivity index (χ3v) is 6.10. The van der Waals surface area contributed by atoms with Crippen molar-refractivity contribution in [3.63, 3.8) is 0 Å². The number of nitrogen functional groups attached to an aromatic ring is 1. The molecule has 0 saturated heterocycles. The molecule has 194 valence electrons. The molecule has 0 fully saturated rings. The fourth-order valence-electron chi connectivity index (χ4n) is 3.74. The van der Waals surface area contributed by atoms with Gasteiger partial charge in [0.15, 0.2) is 5.69 Å². The van der Waals surface area contributed by atoms with Gasteiger partial charge in [-0.2, -0.15) is 13.2 Å². The van der Waals surface area contributed by atoms with E-state index in [4.69, 9.17) is 5.73 Å². The maximum Gasteiger partial charge on any atom is 0.433 e. The van der Waals surface area contributed by atoms with Crippen molar-refractivity contribution >= 4 is 34.8 Å². The lowest BCUT2D eigenvalue weighted by atomic mass is 10.1. The van der Waals surface area contributed by atoms with Crippen LogP contribution in [0.4, 0.5) is 23.4 Å². The number of hydrogen-bond acceptors (Lipinski definition) is 7. The molecule has 0 atom stereocenters. The van der Waals surface area contributed by atoms with Gasteiger partial charge in [0.05, 0.1) is 11.7 Å². The summed E-state index contributed by atoms with van der Waals surface area (Å²) in [5.41, 5.74) is 8.23. The van der Waals surface area contributed by atoms with Gasteiger partial charge in [-0.15, -0.1) is 11.8 Å². The first-order valence-corrected chi connectivity index (χ1v) is 12.3. The van der Waals surface area contributed by atoms with E-state index in [1.54, 1.807) is 44.1 Å². The maximum absolute atomic E-state index is 13.4. The number of thioether (sulfide) groups is 1. The second-order valence-corrected chi connectivity index (χ2v) is 8.97. The fraction of sp³-hybridized carbons (Fsp3) is 0.231. The van der Waals surface area contributed by atoms with Gasteiger partial charge in [-0.1, -0.05) is 0 Å². The number of nitrogens with one attached hydrogen (secondary N) is 1. The molecule has 0 amide bonds. The van der Waals surface area contributed by atoms with Crippen molar-refractivity contribution in [1.82, 2.24) is 20.3 Å². The van der Waals surface area contributed by atoms with Gasteiger partial charge >= 0.3 is 6.18 Å². The molecule has 6 nitrogen and oxygen atoms in total. The smallest absolute Gasteiger partial charge is 0.384 e. The Labute approximate surface area is 215 Å². The molecule has 37 heavy (non-hydrogen) atoms. The van der Waals surface area contributed by atoms with E-state index in [0.717, 1.165) is 33.3 Å². The second kappa shape index (κ2) is 12.1. The Bertz CT molecular complexity index is 1410. The molecule has 11 heteroatoms. The van der Waals surface area contributed by atoms with Crippen LogP contribution in [0.2, 0.25) is 0 Å². The van der Waals surface area contributed by atoms with E-state index in [1.165, 1.54) is 18.3 Å². The molecule has 3 aromatic heterocycles. The first-order chi connectivity index (χ1) is 17.5. The number of anilines is 1. The molecule has 3 N–H and O–H groups in total. The van der Waals surface area contributed by atoms with Crippen molar-refractivity contribution in [3.8, 4) is 0 Å². The van der Waals surface area contributed by atoms with Crippen LogP contribution in [0.25, 0.3) is 10.9 Å². The van der Waals surface area contributed by atoms with Gasteiger partial charge in [0.2, 0.25) is 0 Å². The SMILES string of the molecule is CNCc1c(C)cc(N)nc1C(F)(F)F.CSc1cc(Cc2cc(C=O)ccn2)cc2cc(F)cnc12. The molecule has 0 radical (unpaired) electrons. The Morgan fingerprint density at radius 2 is 1.89 bits per heavy atom. The van der Waals surface area contributed by atoms with Crippen molar-refractivity contribution in [2.75, 3.05) is 19.0 Å². The minimum absolute atomic E-state index is 0.111. The Kier molecular flexibility index (Phi) is 9.17. The number of nitrogens with two attached hydrogens (primary N) is 1. The second-order valence-electron chi connectivity index (χ2n) is 8.12. The summed E-state index contributed by atoms with van der Waals surface area (Å²) in [6, 6.07) is 10.3. The van der Waals surface area contributed by atoms with Crippen molar-refractivity contribution in [2.45, 2.75) is 31.0 Å². The third kappa shape index (κ3) is 7.23. The summed E-state index contributed by atoms with van der Waals surface area (Å²) >= 11 is 1.57. The quantitative estimate of drug-likeness (QED) is 0.190. The monoisotopic (exact) mass is 531 g/mol. The summed E-state index contributed by atoms with van der Waals surface area (Å²) in [6.07, 6.45) is 1.74. The van der Waals surface area contributed by atoms with E-state index >= 15 is 0 Å². The number of nitrogens with zero attached hydrogens (tertiary/aromatic N) is 3. The average molecular weight is 532 g/mol. The number of aldehydes is 1. The van der Waals surface area contributed by atoms with Crippen LogP contribution >= 0.6 is 11.8 Å². The van der Waals surface area contributed by atoms with Crippen LogP contribution in [-0.2, 0) is 19.1 Å². The molecule has 1 aromatic carbocycles. The van der Waals surface area contributed by atoms with E-state index in [1.807, 2.05) is 18.4 Å². The predicted octanol–water partition coefficient (Wildman–Crippen LogP) is 5.60. The van der Waals surface area contributed by atoms with Crippen molar-refractivity contribution < 1.29 is 22.4 Å². The Hall–Kier alpha value is -3.57. The molecule has 0 aliphatic rings. The third-order valence-electron chi connectivity index (χ3n) is 5.35. The maximum atomic E-state index is 13.4. The summed E-state index contributed by atoms with van der Waals surface area (Å²) in [7, 11) is 1.58. The largest absolute Gasteiger partial charge is 0.433 e.